The number of amides is 1. The molecule has 1 aliphatic rings. The molecule has 1 aliphatic heterocycles. The Bertz CT molecular complexity index is 514. The van der Waals surface area contributed by atoms with Crippen molar-refractivity contribution < 1.29 is 4.79 Å². The van der Waals surface area contributed by atoms with Gasteiger partial charge >= 0.3 is 0 Å². The summed E-state index contributed by atoms with van der Waals surface area (Å²) in [7, 11) is 0. The van der Waals surface area contributed by atoms with E-state index in [4.69, 9.17) is 11.6 Å². The summed E-state index contributed by atoms with van der Waals surface area (Å²) in [5.74, 6) is 0.0624. The molecular formula is C11H15ClN4O2. The molecule has 0 saturated carbocycles. The van der Waals surface area contributed by atoms with Gasteiger partial charge in [-0.25, -0.2) is 4.68 Å². The van der Waals surface area contributed by atoms with Gasteiger partial charge in [0.15, 0.2) is 0 Å². The van der Waals surface area contributed by atoms with Crippen LogP contribution in [0.3, 0.4) is 0 Å². The molecule has 2 N–H and O–H groups in total. The molecule has 1 unspecified atom stereocenters. The van der Waals surface area contributed by atoms with Gasteiger partial charge in [-0.05, 0) is 13.3 Å². The molecular weight excluding hydrogens is 256 g/mol. The van der Waals surface area contributed by atoms with Gasteiger partial charge in [0.1, 0.15) is 5.02 Å². The lowest BCUT2D eigenvalue weighted by atomic mass is 10.2. The second kappa shape index (κ2) is 5.39. The zero-order chi connectivity index (χ0) is 13.1. The summed E-state index contributed by atoms with van der Waals surface area (Å²) >= 11 is 5.97. The molecule has 0 aliphatic carbocycles. The molecule has 6 nitrogen and oxygen atoms in total. The Morgan fingerprint density at radius 3 is 3.00 bits per heavy atom. The third kappa shape index (κ3) is 2.64. The van der Waals surface area contributed by atoms with E-state index >= 15 is 0 Å². The second-order valence-electron chi connectivity index (χ2n) is 4.18. The van der Waals surface area contributed by atoms with Crippen molar-refractivity contribution in [3.63, 3.8) is 0 Å². The van der Waals surface area contributed by atoms with Crippen molar-refractivity contribution in [2.75, 3.05) is 11.9 Å². The maximum Gasteiger partial charge on any atom is 0.287 e. The molecule has 2 rings (SSSR count). The Kier molecular flexibility index (Phi) is 3.86. The molecule has 1 aromatic rings. The van der Waals surface area contributed by atoms with E-state index < -0.39 is 0 Å². The molecule has 0 bridgehead atoms. The Labute approximate surface area is 109 Å². The number of hydrogen-bond donors (Lipinski definition) is 2. The number of hydrogen-bond acceptors (Lipinski definition) is 4. The highest BCUT2D eigenvalue weighted by Crippen LogP contribution is 2.16. The van der Waals surface area contributed by atoms with Crippen LogP contribution in [-0.2, 0) is 11.3 Å². The highest BCUT2D eigenvalue weighted by Gasteiger charge is 2.20. The summed E-state index contributed by atoms with van der Waals surface area (Å²) in [5, 5.41) is 10.0. The van der Waals surface area contributed by atoms with Gasteiger partial charge in [-0.1, -0.05) is 11.6 Å². The zero-order valence-corrected chi connectivity index (χ0v) is 10.8. The summed E-state index contributed by atoms with van der Waals surface area (Å²) in [4.78, 5) is 22.8. The topological polar surface area (TPSA) is 76.0 Å². The van der Waals surface area contributed by atoms with Crippen molar-refractivity contribution in [3.8, 4) is 0 Å². The van der Waals surface area contributed by atoms with E-state index in [0.717, 1.165) is 6.42 Å². The Balaban J connectivity index is 2.04. The van der Waals surface area contributed by atoms with Crippen LogP contribution >= 0.6 is 11.6 Å². The number of carbonyl (C=O) groups is 1. The second-order valence-corrected chi connectivity index (χ2v) is 4.56. The number of nitrogens with one attached hydrogen (secondary N) is 2. The van der Waals surface area contributed by atoms with Crippen molar-refractivity contribution in [1.82, 2.24) is 15.1 Å². The predicted octanol–water partition coefficient (Wildman–Crippen LogP) is 0.607. The van der Waals surface area contributed by atoms with E-state index in [0.29, 0.717) is 25.2 Å². The third-order valence-electron chi connectivity index (χ3n) is 2.91. The quantitative estimate of drug-likeness (QED) is 0.840. The van der Waals surface area contributed by atoms with Crippen molar-refractivity contribution in [2.24, 2.45) is 0 Å². The number of aromatic nitrogens is 2. The number of nitrogens with zero attached hydrogens (tertiary/aromatic N) is 2. The van der Waals surface area contributed by atoms with Gasteiger partial charge in [0.25, 0.3) is 5.56 Å². The lowest BCUT2D eigenvalue weighted by molar-refractivity contribution is -0.119. The van der Waals surface area contributed by atoms with Crippen LogP contribution in [0.2, 0.25) is 5.02 Å². The van der Waals surface area contributed by atoms with Gasteiger partial charge in [0.2, 0.25) is 5.91 Å². The van der Waals surface area contributed by atoms with Crippen LogP contribution in [0.15, 0.2) is 11.0 Å². The molecule has 1 aromatic heterocycles. The van der Waals surface area contributed by atoms with Crippen LogP contribution in [0, 0.1) is 0 Å². The van der Waals surface area contributed by atoms with Gasteiger partial charge in [-0.3, -0.25) is 9.59 Å². The summed E-state index contributed by atoms with van der Waals surface area (Å²) in [6.45, 7) is 2.85. The van der Waals surface area contributed by atoms with Crippen molar-refractivity contribution >= 4 is 23.2 Å². The first-order valence-electron chi connectivity index (χ1n) is 5.90. The Morgan fingerprint density at radius 2 is 2.39 bits per heavy atom. The maximum absolute atomic E-state index is 11.7. The van der Waals surface area contributed by atoms with E-state index in [9.17, 15) is 9.59 Å². The molecule has 1 fully saturated rings. The molecule has 98 valence electrons. The van der Waals surface area contributed by atoms with Gasteiger partial charge in [-0.2, -0.15) is 5.10 Å². The zero-order valence-electron chi connectivity index (χ0n) is 10.1. The average Bonchev–Trinajstić information content (AvgIpc) is 2.77. The first-order valence-corrected chi connectivity index (χ1v) is 6.28. The SMILES string of the molecule is CCn1ncc(NCC2CCC(=O)N2)c(Cl)c1=O. The molecule has 7 heteroatoms. The fraction of sp³-hybridized carbons (Fsp3) is 0.545. The highest BCUT2D eigenvalue weighted by atomic mass is 35.5. The average molecular weight is 271 g/mol. The summed E-state index contributed by atoms with van der Waals surface area (Å²) in [6, 6.07) is 0.0853. The summed E-state index contributed by atoms with van der Waals surface area (Å²) in [6.07, 6.45) is 2.88. The minimum Gasteiger partial charge on any atom is -0.380 e. The standard InChI is InChI=1S/C11H15ClN4O2/c1-2-16-11(18)10(12)8(6-14-16)13-5-7-3-4-9(17)15-7/h6-7,13H,2-5H2,1H3,(H,15,17). The van der Waals surface area contributed by atoms with Gasteiger partial charge in [0.05, 0.1) is 11.9 Å². The molecule has 2 heterocycles. The van der Waals surface area contributed by atoms with Crippen LogP contribution < -0.4 is 16.2 Å². The fourth-order valence-electron chi connectivity index (χ4n) is 1.88. The molecule has 0 aromatic carbocycles. The highest BCUT2D eigenvalue weighted by molar-refractivity contribution is 6.32. The molecule has 1 amide bonds. The van der Waals surface area contributed by atoms with Crippen LogP contribution in [0.5, 0.6) is 0 Å². The smallest absolute Gasteiger partial charge is 0.287 e. The minimum absolute atomic E-state index is 0.0624. The monoisotopic (exact) mass is 270 g/mol. The first kappa shape index (κ1) is 12.9. The molecule has 0 radical (unpaired) electrons. The number of rotatable bonds is 4. The number of carbonyl (C=O) groups excluding carboxylic acids is 1. The Morgan fingerprint density at radius 1 is 1.61 bits per heavy atom. The minimum atomic E-state index is -0.306. The fourth-order valence-corrected chi connectivity index (χ4v) is 2.09. The van der Waals surface area contributed by atoms with Crippen LogP contribution in [0.1, 0.15) is 19.8 Å². The normalized spacial score (nSPS) is 18.8. The van der Waals surface area contributed by atoms with Crippen molar-refractivity contribution in [1.29, 1.82) is 0 Å². The number of aryl methyl sites for hydroxylation is 1. The van der Waals surface area contributed by atoms with Gasteiger partial charge in [-0.15, -0.1) is 0 Å². The Hall–Kier alpha value is -1.56. The molecule has 18 heavy (non-hydrogen) atoms. The summed E-state index contributed by atoms with van der Waals surface area (Å²) in [5.41, 5.74) is 0.201. The van der Waals surface area contributed by atoms with E-state index in [-0.39, 0.29) is 22.5 Å². The van der Waals surface area contributed by atoms with Gasteiger partial charge in [0, 0.05) is 25.6 Å². The predicted molar refractivity (Wildman–Crippen MR) is 68.8 cm³/mol. The van der Waals surface area contributed by atoms with Gasteiger partial charge < -0.3 is 10.6 Å². The van der Waals surface area contributed by atoms with E-state index in [2.05, 4.69) is 15.7 Å². The summed E-state index contributed by atoms with van der Waals surface area (Å²) < 4.78 is 1.30. The largest absolute Gasteiger partial charge is 0.380 e. The lowest BCUT2D eigenvalue weighted by Gasteiger charge is -2.13. The molecule has 0 spiro atoms. The van der Waals surface area contributed by atoms with Crippen LogP contribution in [-0.4, -0.2) is 28.3 Å². The molecule has 1 atom stereocenters. The lowest BCUT2D eigenvalue weighted by Crippen LogP contribution is -2.32. The van der Waals surface area contributed by atoms with E-state index in [1.807, 2.05) is 6.92 Å². The first-order chi connectivity index (χ1) is 8.61. The number of anilines is 1. The number of halogens is 1. The van der Waals surface area contributed by atoms with E-state index in [1.54, 1.807) is 0 Å². The third-order valence-corrected chi connectivity index (χ3v) is 3.27. The van der Waals surface area contributed by atoms with Crippen LogP contribution in [0.25, 0.3) is 0 Å². The van der Waals surface area contributed by atoms with E-state index in [1.165, 1.54) is 10.9 Å². The molecule has 1 saturated heterocycles. The van der Waals surface area contributed by atoms with Crippen molar-refractivity contribution in [2.45, 2.75) is 32.4 Å². The maximum atomic E-state index is 11.7. The van der Waals surface area contributed by atoms with Crippen LogP contribution in [0.4, 0.5) is 5.69 Å². The van der Waals surface area contributed by atoms with Crippen molar-refractivity contribution in [3.05, 3.63) is 21.6 Å².